The first-order chi connectivity index (χ1) is 15.5. The molecule has 32 heavy (non-hydrogen) atoms. The normalized spacial score (nSPS) is 22.4. The number of piperazine rings is 1. The van der Waals surface area contributed by atoms with Gasteiger partial charge in [0.15, 0.2) is 11.5 Å². The zero-order chi connectivity index (χ0) is 22.2. The minimum Gasteiger partial charge on any atom is -0.459 e. The molecule has 0 spiro atoms. The van der Waals surface area contributed by atoms with Crippen LogP contribution in [-0.4, -0.2) is 52.7 Å². The van der Waals surface area contributed by atoms with Crippen molar-refractivity contribution in [2.75, 3.05) is 13.1 Å². The lowest BCUT2D eigenvalue weighted by Crippen LogP contribution is -2.56. The number of amides is 1. The summed E-state index contributed by atoms with van der Waals surface area (Å²) in [4.78, 5) is 33.7. The van der Waals surface area contributed by atoms with Crippen LogP contribution in [0, 0.1) is 0 Å². The fourth-order valence-corrected chi connectivity index (χ4v) is 4.24. The Labute approximate surface area is 185 Å². The number of benzene rings is 2. The lowest BCUT2D eigenvalue weighted by atomic mass is 10.0. The molecule has 3 heterocycles. The minimum atomic E-state index is -0.470. The molecule has 0 saturated carbocycles. The van der Waals surface area contributed by atoms with Gasteiger partial charge in [-0.15, -0.1) is 0 Å². The molecule has 1 aromatic heterocycles. The van der Waals surface area contributed by atoms with Crippen molar-refractivity contribution in [2.24, 2.45) is 4.99 Å². The summed E-state index contributed by atoms with van der Waals surface area (Å²) in [5.41, 5.74) is 1.05. The van der Waals surface area contributed by atoms with Gasteiger partial charge < -0.3 is 19.0 Å². The molecule has 0 radical (unpaired) electrons. The Kier molecular flexibility index (Phi) is 5.01. The smallest absolute Gasteiger partial charge is 0.365 e. The molecule has 0 bridgehead atoms. The van der Waals surface area contributed by atoms with Crippen LogP contribution in [0.15, 0.2) is 82.2 Å². The number of hydrogen-bond donors (Lipinski definition) is 0. The number of aliphatic imine (C=N–C) groups is 1. The second-order valence-electron chi connectivity index (χ2n) is 8.18. The number of cyclic esters (lactones) is 1. The van der Waals surface area contributed by atoms with Gasteiger partial charge in [0.05, 0.1) is 6.26 Å². The maximum absolute atomic E-state index is 12.7. The molecule has 2 aliphatic rings. The van der Waals surface area contributed by atoms with E-state index in [1.807, 2.05) is 61.2 Å². The van der Waals surface area contributed by atoms with Gasteiger partial charge in [0.25, 0.3) is 5.91 Å². The standard InChI is InChI=1S/C25H23N3O4/c1-16-14-28(24(29)22-11-6-12-31-22)17(2)13-27(16)15-21-25(30)32-23(26-21)20-10-5-8-18-7-3-4-9-19(18)20/h3-12,15-17H,13-14H2,1-2H3/b21-15+. The summed E-state index contributed by atoms with van der Waals surface area (Å²) in [6, 6.07) is 17.1. The van der Waals surface area contributed by atoms with Gasteiger partial charge >= 0.3 is 5.97 Å². The molecule has 2 unspecified atom stereocenters. The van der Waals surface area contributed by atoms with E-state index in [2.05, 4.69) is 4.99 Å². The Morgan fingerprint density at radius 1 is 1.03 bits per heavy atom. The van der Waals surface area contributed by atoms with E-state index in [1.54, 1.807) is 23.2 Å². The van der Waals surface area contributed by atoms with Gasteiger partial charge in [0, 0.05) is 36.9 Å². The molecule has 2 aliphatic heterocycles. The summed E-state index contributed by atoms with van der Waals surface area (Å²) in [6.45, 7) is 5.08. The van der Waals surface area contributed by atoms with Gasteiger partial charge in [-0.3, -0.25) is 4.79 Å². The summed E-state index contributed by atoms with van der Waals surface area (Å²) in [7, 11) is 0. The third-order valence-electron chi connectivity index (χ3n) is 5.96. The highest BCUT2D eigenvalue weighted by atomic mass is 16.6. The monoisotopic (exact) mass is 429 g/mol. The molecule has 1 amide bonds. The summed E-state index contributed by atoms with van der Waals surface area (Å²) in [5.74, 6) is 0.0463. The SMILES string of the molecule is CC1CN(C(=O)c2ccco2)C(C)CN1/C=C1/N=C(c2cccc3ccccc23)OC1=O. The van der Waals surface area contributed by atoms with Crippen molar-refractivity contribution in [2.45, 2.75) is 25.9 Å². The largest absolute Gasteiger partial charge is 0.459 e. The van der Waals surface area contributed by atoms with Gasteiger partial charge in [0.2, 0.25) is 5.90 Å². The molecule has 5 rings (SSSR count). The van der Waals surface area contributed by atoms with E-state index in [1.165, 1.54) is 6.26 Å². The van der Waals surface area contributed by atoms with Gasteiger partial charge in [-0.1, -0.05) is 36.4 Å². The first-order valence-electron chi connectivity index (χ1n) is 10.6. The van der Waals surface area contributed by atoms with E-state index < -0.39 is 5.97 Å². The molecule has 7 nitrogen and oxygen atoms in total. The van der Waals surface area contributed by atoms with E-state index in [9.17, 15) is 9.59 Å². The molecule has 7 heteroatoms. The number of furan rings is 1. The second kappa shape index (κ2) is 8.00. The average molecular weight is 429 g/mol. The van der Waals surface area contributed by atoms with Crippen molar-refractivity contribution >= 4 is 28.5 Å². The number of fused-ring (bicyclic) bond motifs is 1. The fourth-order valence-electron chi connectivity index (χ4n) is 4.24. The predicted octanol–water partition coefficient (Wildman–Crippen LogP) is 3.81. The molecule has 0 N–H and O–H groups in total. The van der Waals surface area contributed by atoms with Crippen molar-refractivity contribution < 1.29 is 18.7 Å². The van der Waals surface area contributed by atoms with Crippen LogP contribution in [0.1, 0.15) is 30.0 Å². The van der Waals surface area contributed by atoms with E-state index >= 15 is 0 Å². The van der Waals surface area contributed by atoms with Crippen molar-refractivity contribution in [3.05, 3.63) is 84.1 Å². The van der Waals surface area contributed by atoms with Crippen LogP contribution in [-0.2, 0) is 9.53 Å². The van der Waals surface area contributed by atoms with Crippen LogP contribution in [0.25, 0.3) is 10.8 Å². The Morgan fingerprint density at radius 3 is 2.66 bits per heavy atom. The highest BCUT2D eigenvalue weighted by Crippen LogP contribution is 2.25. The van der Waals surface area contributed by atoms with Crippen LogP contribution < -0.4 is 0 Å². The number of carbonyl (C=O) groups excluding carboxylic acids is 2. The molecule has 2 atom stereocenters. The van der Waals surface area contributed by atoms with Crippen molar-refractivity contribution in [3.8, 4) is 0 Å². The maximum atomic E-state index is 12.7. The maximum Gasteiger partial charge on any atom is 0.365 e. The third kappa shape index (κ3) is 3.56. The van der Waals surface area contributed by atoms with Crippen LogP contribution in [0.4, 0.5) is 0 Å². The Morgan fingerprint density at radius 2 is 1.84 bits per heavy atom. The Bertz CT molecular complexity index is 1240. The number of ether oxygens (including phenoxy) is 1. The van der Waals surface area contributed by atoms with Gasteiger partial charge in [0.1, 0.15) is 0 Å². The summed E-state index contributed by atoms with van der Waals surface area (Å²) >= 11 is 0. The first kappa shape index (κ1) is 20.1. The van der Waals surface area contributed by atoms with Gasteiger partial charge in [-0.2, -0.15) is 0 Å². The average Bonchev–Trinajstić information content (AvgIpc) is 3.46. The summed E-state index contributed by atoms with van der Waals surface area (Å²) in [5, 5.41) is 2.04. The molecule has 1 saturated heterocycles. The third-order valence-corrected chi connectivity index (χ3v) is 5.96. The Balaban J connectivity index is 1.38. The highest BCUT2D eigenvalue weighted by molar-refractivity contribution is 6.16. The van der Waals surface area contributed by atoms with E-state index in [-0.39, 0.29) is 23.7 Å². The van der Waals surface area contributed by atoms with Crippen molar-refractivity contribution in [1.29, 1.82) is 0 Å². The molecule has 1 fully saturated rings. The number of esters is 1. The lowest BCUT2D eigenvalue weighted by molar-refractivity contribution is -0.130. The molecule has 0 aliphatic carbocycles. The van der Waals surface area contributed by atoms with E-state index in [0.29, 0.717) is 24.7 Å². The van der Waals surface area contributed by atoms with Crippen LogP contribution in [0.3, 0.4) is 0 Å². The molecule has 2 aromatic carbocycles. The highest BCUT2D eigenvalue weighted by Gasteiger charge is 2.34. The lowest BCUT2D eigenvalue weighted by Gasteiger charge is -2.43. The number of rotatable bonds is 3. The Hall–Kier alpha value is -3.87. The zero-order valence-corrected chi connectivity index (χ0v) is 17.9. The van der Waals surface area contributed by atoms with Gasteiger partial charge in [-0.05, 0) is 42.8 Å². The van der Waals surface area contributed by atoms with Crippen molar-refractivity contribution in [3.63, 3.8) is 0 Å². The molecule has 3 aromatic rings. The van der Waals surface area contributed by atoms with Crippen LogP contribution >= 0.6 is 0 Å². The summed E-state index contributed by atoms with van der Waals surface area (Å²) in [6.07, 6.45) is 3.25. The minimum absolute atomic E-state index is 0.00205. The zero-order valence-electron chi connectivity index (χ0n) is 17.9. The fraction of sp³-hybridized carbons (Fsp3) is 0.240. The molecular formula is C25H23N3O4. The number of carbonyl (C=O) groups is 2. The van der Waals surface area contributed by atoms with Crippen LogP contribution in [0.2, 0.25) is 0 Å². The van der Waals surface area contributed by atoms with Crippen LogP contribution in [0.5, 0.6) is 0 Å². The predicted molar refractivity (Wildman–Crippen MR) is 120 cm³/mol. The second-order valence-corrected chi connectivity index (χ2v) is 8.18. The quantitative estimate of drug-likeness (QED) is 0.468. The molecule has 162 valence electrons. The van der Waals surface area contributed by atoms with E-state index in [4.69, 9.17) is 9.15 Å². The molecular weight excluding hydrogens is 406 g/mol. The number of hydrogen-bond acceptors (Lipinski definition) is 6. The summed E-state index contributed by atoms with van der Waals surface area (Å²) < 4.78 is 10.8. The van der Waals surface area contributed by atoms with E-state index in [0.717, 1.165) is 16.3 Å². The number of nitrogens with zero attached hydrogens (tertiary/aromatic N) is 3. The van der Waals surface area contributed by atoms with Crippen molar-refractivity contribution in [1.82, 2.24) is 9.80 Å². The van der Waals surface area contributed by atoms with Gasteiger partial charge in [-0.25, -0.2) is 9.79 Å². The topological polar surface area (TPSA) is 75.3 Å². The first-order valence-corrected chi connectivity index (χ1v) is 10.6.